The second-order valence-electron chi connectivity index (χ2n) is 6.43. The maximum absolute atomic E-state index is 12.6. The summed E-state index contributed by atoms with van der Waals surface area (Å²) in [6.07, 6.45) is -0.0304. The minimum absolute atomic E-state index is 0.000940. The Kier molecular flexibility index (Phi) is 10.7. The predicted molar refractivity (Wildman–Crippen MR) is 112 cm³/mol. The second kappa shape index (κ2) is 12.4. The normalized spacial score (nSPS) is 12.6. The summed E-state index contributed by atoms with van der Waals surface area (Å²) in [6, 6.07) is 6.20. The number of thiol groups is 1. The summed E-state index contributed by atoms with van der Waals surface area (Å²) >= 11 is 4.92. The Bertz CT molecular complexity index is 776. The van der Waals surface area contributed by atoms with Crippen LogP contribution in [-0.4, -0.2) is 47.2 Å². The number of carbonyl (C=O) groups excluding carboxylic acids is 5. The van der Waals surface area contributed by atoms with Gasteiger partial charge in [0.1, 0.15) is 17.3 Å². The molecule has 0 fully saturated rings. The molecule has 29 heavy (non-hydrogen) atoms. The van der Waals surface area contributed by atoms with E-state index in [0.29, 0.717) is 0 Å². The highest BCUT2D eigenvalue weighted by Crippen LogP contribution is 2.26. The van der Waals surface area contributed by atoms with E-state index in [1.54, 1.807) is 12.1 Å². The number of methoxy groups -OCH3 is 1. The molecule has 0 saturated heterocycles. The third-order valence-electron chi connectivity index (χ3n) is 3.89. The molecular weight excluding hydrogens is 416 g/mol. The maximum atomic E-state index is 12.6. The van der Waals surface area contributed by atoms with E-state index in [0.717, 1.165) is 11.8 Å². The fraction of sp³-hybridized carbons (Fsp3) is 0.450. The van der Waals surface area contributed by atoms with Gasteiger partial charge in [-0.3, -0.25) is 14.4 Å². The lowest BCUT2D eigenvalue weighted by Gasteiger charge is -2.15. The van der Waals surface area contributed by atoms with Crippen LogP contribution in [0.2, 0.25) is 0 Å². The van der Waals surface area contributed by atoms with Crippen molar-refractivity contribution in [1.82, 2.24) is 0 Å². The Morgan fingerprint density at radius 2 is 1.55 bits per heavy atom. The number of hydrogen-bond acceptors (Lipinski definition) is 9. The highest BCUT2D eigenvalue weighted by atomic mass is 32.2. The van der Waals surface area contributed by atoms with Crippen LogP contribution in [0.4, 0.5) is 0 Å². The molecule has 2 unspecified atom stereocenters. The van der Waals surface area contributed by atoms with E-state index in [4.69, 9.17) is 4.74 Å². The van der Waals surface area contributed by atoms with Gasteiger partial charge in [-0.15, -0.1) is 0 Å². The monoisotopic (exact) mass is 440 g/mol. The molecule has 2 atom stereocenters. The molecule has 0 spiro atoms. The molecule has 1 aromatic carbocycles. The van der Waals surface area contributed by atoms with Gasteiger partial charge in [0.25, 0.3) is 0 Å². The van der Waals surface area contributed by atoms with Crippen LogP contribution >= 0.6 is 24.4 Å². The van der Waals surface area contributed by atoms with E-state index in [-0.39, 0.29) is 47.2 Å². The molecule has 0 bridgehead atoms. The van der Waals surface area contributed by atoms with Gasteiger partial charge in [0, 0.05) is 24.3 Å². The van der Waals surface area contributed by atoms with Crippen molar-refractivity contribution < 1.29 is 33.4 Å². The molecule has 0 aliphatic carbocycles. The molecule has 0 heterocycles. The van der Waals surface area contributed by atoms with E-state index in [2.05, 4.69) is 17.4 Å². The van der Waals surface area contributed by atoms with Gasteiger partial charge >= 0.3 is 11.9 Å². The quantitative estimate of drug-likeness (QED) is 0.318. The third-order valence-corrected chi connectivity index (χ3v) is 5.38. The standard InChI is InChI=1S/C20H24O7S2/c1-12(21)8-14(10-28)19(24)27-17-7-5-4-6-16(17)20(25)29-11-15(9-13(2)22)18(23)26-3/h4-7,14-15,28H,8-11H2,1-3H3. The number of rotatable bonds is 11. The van der Waals surface area contributed by atoms with Gasteiger partial charge in [0.15, 0.2) is 0 Å². The van der Waals surface area contributed by atoms with Gasteiger partial charge in [0.2, 0.25) is 5.12 Å². The summed E-state index contributed by atoms with van der Waals surface area (Å²) in [6.45, 7) is 2.73. The van der Waals surface area contributed by atoms with Crippen LogP contribution < -0.4 is 4.74 Å². The number of esters is 2. The Hall–Kier alpha value is -2.13. The highest BCUT2D eigenvalue weighted by Gasteiger charge is 2.26. The number of thioether (sulfide) groups is 1. The summed E-state index contributed by atoms with van der Waals surface area (Å²) in [5.74, 6) is -2.79. The zero-order valence-corrected chi connectivity index (χ0v) is 18.2. The topological polar surface area (TPSA) is 104 Å². The SMILES string of the molecule is COC(=O)C(CSC(=O)c1ccccc1OC(=O)C(CS)CC(C)=O)CC(C)=O. The van der Waals surface area contributed by atoms with Crippen molar-refractivity contribution in [2.24, 2.45) is 11.8 Å². The third kappa shape index (κ3) is 8.41. The molecule has 0 saturated carbocycles. The molecule has 0 amide bonds. The Labute approximate surface area is 179 Å². The van der Waals surface area contributed by atoms with Crippen molar-refractivity contribution >= 4 is 53.0 Å². The molecule has 1 rings (SSSR count). The fourth-order valence-corrected chi connectivity index (χ4v) is 3.67. The summed E-state index contributed by atoms with van der Waals surface area (Å²) in [5, 5.41) is -0.417. The fourth-order valence-electron chi connectivity index (χ4n) is 2.46. The Morgan fingerprint density at radius 3 is 2.10 bits per heavy atom. The number of Topliss-reactive ketones (excluding diaryl/α,β-unsaturated/α-hetero) is 2. The van der Waals surface area contributed by atoms with Crippen LogP contribution in [0.15, 0.2) is 24.3 Å². The second-order valence-corrected chi connectivity index (χ2v) is 7.79. The lowest BCUT2D eigenvalue weighted by Crippen LogP contribution is -2.25. The van der Waals surface area contributed by atoms with E-state index < -0.39 is 28.9 Å². The predicted octanol–water partition coefficient (Wildman–Crippen LogP) is 2.76. The van der Waals surface area contributed by atoms with Gasteiger partial charge in [-0.2, -0.15) is 12.6 Å². The highest BCUT2D eigenvalue weighted by molar-refractivity contribution is 8.14. The van der Waals surface area contributed by atoms with Crippen LogP contribution in [-0.2, 0) is 23.9 Å². The molecule has 0 aliphatic rings. The van der Waals surface area contributed by atoms with Crippen LogP contribution in [0.5, 0.6) is 5.75 Å². The van der Waals surface area contributed by atoms with Crippen LogP contribution in [0.25, 0.3) is 0 Å². The number of para-hydroxylation sites is 1. The maximum Gasteiger partial charge on any atom is 0.315 e. The smallest absolute Gasteiger partial charge is 0.315 e. The minimum Gasteiger partial charge on any atom is -0.469 e. The van der Waals surface area contributed by atoms with Crippen LogP contribution in [0, 0.1) is 11.8 Å². The van der Waals surface area contributed by atoms with E-state index in [9.17, 15) is 24.0 Å². The van der Waals surface area contributed by atoms with Crippen molar-refractivity contribution in [3.63, 3.8) is 0 Å². The number of benzene rings is 1. The van der Waals surface area contributed by atoms with Gasteiger partial charge < -0.3 is 19.1 Å². The summed E-state index contributed by atoms with van der Waals surface area (Å²) in [7, 11) is 1.22. The van der Waals surface area contributed by atoms with Gasteiger partial charge in [0.05, 0.1) is 24.5 Å². The van der Waals surface area contributed by atoms with E-state index >= 15 is 0 Å². The number of ketones is 2. The number of carbonyl (C=O) groups is 5. The molecule has 7 nitrogen and oxygen atoms in total. The first-order valence-corrected chi connectivity index (χ1v) is 10.5. The molecule has 0 aliphatic heterocycles. The first kappa shape index (κ1) is 24.9. The molecule has 158 valence electrons. The minimum atomic E-state index is -0.745. The van der Waals surface area contributed by atoms with Crippen LogP contribution in [0.1, 0.15) is 37.0 Å². The lowest BCUT2D eigenvalue weighted by molar-refractivity contribution is -0.146. The largest absolute Gasteiger partial charge is 0.469 e. The molecule has 0 aromatic heterocycles. The van der Waals surface area contributed by atoms with Gasteiger partial charge in [-0.1, -0.05) is 23.9 Å². The molecule has 0 radical (unpaired) electrons. The zero-order chi connectivity index (χ0) is 22.0. The average molecular weight is 441 g/mol. The van der Waals surface area contributed by atoms with Crippen LogP contribution in [0.3, 0.4) is 0 Å². The van der Waals surface area contributed by atoms with Gasteiger partial charge in [-0.25, -0.2) is 0 Å². The number of hydrogen-bond donors (Lipinski definition) is 1. The Balaban J connectivity index is 2.90. The summed E-state index contributed by atoms with van der Waals surface area (Å²) < 4.78 is 10.0. The van der Waals surface area contributed by atoms with E-state index in [1.807, 2.05) is 0 Å². The Morgan fingerprint density at radius 1 is 0.966 bits per heavy atom. The van der Waals surface area contributed by atoms with Crippen molar-refractivity contribution in [1.29, 1.82) is 0 Å². The molecule has 0 N–H and O–H groups in total. The van der Waals surface area contributed by atoms with E-state index in [1.165, 1.54) is 33.1 Å². The van der Waals surface area contributed by atoms with Crippen molar-refractivity contribution in [2.45, 2.75) is 26.7 Å². The molecule has 9 heteroatoms. The molecular formula is C20H24O7S2. The lowest BCUT2D eigenvalue weighted by atomic mass is 10.1. The van der Waals surface area contributed by atoms with Crippen molar-refractivity contribution in [3.8, 4) is 5.75 Å². The first-order valence-electron chi connectivity index (χ1n) is 8.85. The summed E-state index contributed by atoms with van der Waals surface area (Å²) in [5.41, 5.74) is 0.151. The average Bonchev–Trinajstić information content (AvgIpc) is 2.68. The molecule has 1 aromatic rings. The summed E-state index contributed by atoms with van der Waals surface area (Å²) in [4.78, 5) is 59.4. The number of ether oxygens (including phenoxy) is 2. The first-order chi connectivity index (χ1) is 13.7. The van der Waals surface area contributed by atoms with Crippen molar-refractivity contribution in [3.05, 3.63) is 29.8 Å². The van der Waals surface area contributed by atoms with Crippen molar-refractivity contribution in [2.75, 3.05) is 18.6 Å². The zero-order valence-electron chi connectivity index (χ0n) is 16.5. The van der Waals surface area contributed by atoms with Gasteiger partial charge in [-0.05, 0) is 26.0 Å².